The third-order valence-electron chi connectivity index (χ3n) is 2.84. The van der Waals surface area contributed by atoms with Crippen LogP contribution in [0.5, 0.6) is 5.75 Å². The van der Waals surface area contributed by atoms with Gasteiger partial charge in [0.15, 0.2) is 0 Å². The van der Waals surface area contributed by atoms with Crippen LogP contribution in [-0.2, 0) is 6.54 Å². The Morgan fingerprint density at radius 1 is 1.26 bits per heavy atom. The first kappa shape index (κ1) is 14.1. The van der Waals surface area contributed by atoms with Gasteiger partial charge in [-0.3, -0.25) is 0 Å². The Labute approximate surface area is 121 Å². The van der Waals surface area contributed by atoms with E-state index in [1.54, 1.807) is 0 Å². The molecular formula is C14H17BrN2O2. The number of ether oxygens (including phenoxy) is 1. The van der Waals surface area contributed by atoms with Crippen molar-refractivity contribution in [2.75, 3.05) is 13.2 Å². The van der Waals surface area contributed by atoms with Crippen LogP contribution in [0, 0.1) is 13.8 Å². The third-order valence-corrected chi connectivity index (χ3v) is 3.37. The first-order valence-corrected chi connectivity index (χ1v) is 6.97. The average Bonchev–Trinajstić information content (AvgIpc) is 2.72. The zero-order valence-corrected chi connectivity index (χ0v) is 12.7. The summed E-state index contributed by atoms with van der Waals surface area (Å²) in [4.78, 5) is 0. The SMILES string of the molecule is Cc1noc(C)c1CNCCOc1ccc(Br)cc1. The van der Waals surface area contributed by atoms with E-state index < -0.39 is 0 Å². The van der Waals surface area contributed by atoms with Crippen molar-refractivity contribution in [3.8, 4) is 5.75 Å². The topological polar surface area (TPSA) is 47.3 Å². The van der Waals surface area contributed by atoms with Gasteiger partial charge in [0.25, 0.3) is 0 Å². The summed E-state index contributed by atoms with van der Waals surface area (Å²) in [5.41, 5.74) is 2.07. The number of hydrogen-bond donors (Lipinski definition) is 1. The molecule has 5 heteroatoms. The lowest BCUT2D eigenvalue weighted by Crippen LogP contribution is -2.21. The molecule has 0 saturated carbocycles. The summed E-state index contributed by atoms with van der Waals surface area (Å²) in [7, 11) is 0. The van der Waals surface area contributed by atoms with Gasteiger partial charge in [-0.25, -0.2) is 0 Å². The van der Waals surface area contributed by atoms with Crippen molar-refractivity contribution >= 4 is 15.9 Å². The maximum absolute atomic E-state index is 5.62. The fourth-order valence-electron chi connectivity index (χ4n) is 1.74. The molecule has 0 bridgehead atoms. The molecule has 0 fully saturated rings. The van der Waals surface area contributed by atoms with Gasteiger partial charge < -0.3 is 14.6 Å². The molecule has 1 N–H and O–H groups in total. The van der Waals surface area contributed by atoms with Crippen LogP contribution < -0.4 is 10.1 Å². The lowest BCUT2D eigenvalue weighted by Gasteiger charge is -2.07. The Hall–Kier alpha value is -1.33. The van der Waals surface area contributed by atoms with E-state index in [-0.39, 0.29) is 0 Å². The van der Waals surface area contributed by atoms with Gasteiger partial charge in [0, 0.05) is 23.1 Å². The standard InChI is InChI=1S/C14H17BrN2O2/c1-10-14(11(2)19-17-10)9-16-7-8-18-13-5-3-12(15)4-6-13/h3-6,16H,7-9H2,1-2H3. The van der Waals surface area contributed by atoms with Crippen molar-refractivity contribution in [2.45, 2.75) is 20.4 Å². The number of halogens is 1. The van der Waals surface area contributed by atoms with E-state index in [0.29, 0.717) is 6.61 Å². The fraction of sp³-hybridized carbons (Fsp3) is 0.357. The third kappa shape index (κ3) is 4.08. The predicted molar refractivity (Wildman–Crippen MR) is 77.3 cm³/mol. The summed E-state index contributed by atoms with van der Waals surface area (Å²) in [5, 5.41) is 7.24. The number of hydrogen-bond acceptors (Lipinski definition) is 4. The Bertz CT molecular complexity index is 503. The van der Waals surface area contributed by atoms with Crippen molar-refractivity contribution in [3.05, 3.63) is 45.8 Å². The van der Waals surface area contributed by atoms with E-state index in [0.717, 1.165) is 40.3 Å². The highest BCUT2D eigenvalue weighted by Crippen LogP contribution is 2.15. The van der Waals surface area contributed by atoms with Crippen LogP contribution >= 0.6 is 15.9 Å². The van der Waals surface area contributed by atoms with Crippen LogP contribution in [0.1, 0.15) is 17.0 Å². The van der Waals surface area contributed by atoms with E-state index in [2.05, 4.69) is 26.4 Å². The van der Waals surface area contributed by atoms with E-state index in [1.807, 2.05) is 38.1 Å². The minimum absolute atomic E-state index is 0.630. The summed E-state index contributed by atoms with van der Waals surface area (Å²) < 4.78 is 11.8. The highest BCUT2D eigenvalue weighted by atomic mass is 79.9. The van der Waals surface area contributed by atoms with Crippen molar-refractivity contribution in [3.63, 3.8) is 0 Å². The number of aryl methyl sites for hydroxylation is 2. The maximum Gasteiger partial charge on any atom is 0.138 e. The molecule has 1 heterocycles. The molecule has 2 rings (SSSR count). The molecule has 1 aromatic carbocycles. The van der Waals surface area contributed by atoms with Gasteiger partial charge in [-0.15, -0.1) is 0 Å². The second kappa shape index (κ2) is 6.73. The van der Waals surface area contributed by atoms with Gasteiger partial charge in [0.2, 0.25) is 0 Å². The summed E-state index contributed by atoms with van der Waals surface area (Å²) in [6, 6.07) is 7.82. The summed E-state index contributed by atoms with van der Waals surface area (Å²) in [6.45, 7) is 6.04. The van der Waals surface area contributed by atoms with Gasteiger partial charge in [0.1, 0.15) is 18.1 Å². The molecule has 1 aromatic heterocycles. The molecule has 19 heavy (non-hydrogen) atoms. The van der Waals surface area contributed by atoms with Crippen LogP contribution in [0.25, 0.3) is 0 Å². The van der Waals surface area contributed by atoms with Gasteiger partial charge >= 0.3 is 0 Å². The molecule has 2 aromatic rings. The molecule has 0 aliphatic carbocycles. The second-order valence-electron chi connectivity index (χ2n) is 4.28. The number of nitrogens with zero attached hydrogens (tertiary/aromatic N) is 1. The van der Waals surface area contributed by atoms with E-state index >= 15 is 0 Å². The fourth-order valence-corrected chi connectivity index (χ4v) is 2.00. The average molecular weight is 325 g/mol. The second-order valence-corrected chi connectivity index (χ2v) is 5.20. The molecule has 0 radical (unpaired) electrons. The first-order chi connectivity index (χ1) is 9.16. The lowest BCUT2D eigenvalue weighted by atomic mass is 10.2. The number of benzene rings is 1. The summed E-state index contributed by atoms with van der Waals surface area (Å²) in [5.74, 6) is 1.75. The van der Waals surface area contributed by atoms with Crippen molar-refractivity contribution < 1.29 is 9.26 Å². The van der Waals surface area contributed by atoms with Crippen LogP contribution in [0.15, 0.2) is 33.3 Å². The summed E-state index contributed by atoms with van der Waals surface area (Å²) in [6.07, 6.45) is 0. The normalized spacial score (nSPS) is 10.7. The highest BCUT2D eigenvalue weighted by Gasteiger charge is 2.07. The molecule has 0 unspecified atom stereocenters. The Balaban J connectivity index is 1.69. The van der Waals surface area contributed by atoms with Gasteiger partial charge in [0.05, 0.1) is 5.69 Å². The molecular weight excluding hydrogens is 308 g/mol. The Morgan fingerprint density at radius 2 is 2.00 bits per heavy atom. The van der Waals surface area contributed by atoms with Crippen LogP contribution in [0.2, 0.25) is 0 Å². The molecule has 0 saturated heterocycles. The van der Waals surface area contributed by atoms with E-state index in [1.165, 1.54) is 0 Å². The highest BCUT2D eigenvalue weighted by molar-refractivity contribution is 9.10. The van der Waals surface area contributed by atoms with Gasteiger partial charge in [-0.05, 0) is 38.1 Å². The quantitative estimate of drug-likeness (QED) is 0.829. The minimum Gasteiger partial charge on any atom is -0.492 e. The summed E-state index contributed by atoms with van der Waals surface area (Å²) >= 11 is 3.39. The van der Waals surface area contributed by atoms with E-state index in [9.17, 15) is 0 Å². The lowest BCUT2D eigenvalue weighted by molar-refractivity contribution is 0.313. The largest absolute Gasteiger partial charge is 0.492 e. The zero-order chi connectivity index (χ0) is 13.7. The monoisotopic (exact) mass is 324 g/mol. The molecule has 0 spiro atoms. The van der Waals surface area contributed by atoms with Crippen molar-refractivity contribution in [1.82, 2.24) is 10.5 Å². The maximum atomic E-state index is 5.62. The smallest absolute Gasteiger partial charge is 0.138 e. The molecule has 0 amide bonds. The molecule has 0 aliphatic rings. The number of aromatic nitrogens is 1. The van der Waals surface area contributed by atoms with Crippen LogP contribution in [-0.4, -0.2) is 18.3 Å². The Kier molecular flexibility index (Phi) is 4.99. The molecule has 102 valence electrons. The number of nitrogens with one attached hydrogen (secondary N) is 1. The first-order valence-electron chi connectivity index (χ1n) is 6.17. The minimum atomic E-state index is 0.630. The van der Waals surface area contributed by atoms with Crippen molar-refractivity contribution in [2.24, 2.45) is 0 Å². The Morgan fingerprint density at radius 3 is 2.63 bits per heavy atom. The van der Waals surface area contributed by atoms with Crippen LogP contribution in [0.3, 0.4) is 0 Å². The number of rotatable bonds is 6. The molecule has 0 aliphatic heterocycles. The molecule has 0 atom stereocenters. The zero-order valence-electron chi connectivity index (χ0n) is 11.1. The van der Waals surface area contributed by atoms with Gasteiger partial charge in [-0.1, -0.05) is 21.1 Å². The van der Waals surface area contributed by atoms with Gasteiger partial charge in [-0.2, -0.15) is 0 Å². The molecule has 4 nitrogen and oxygen atoms in total. The predicted octanol–water partition coefficient (Wildman–Crippen LogP) is 3.22. The van der Waals surface area contributed by atoms with Crippen molar-refractivity contribution in [1.29, 1.82) is 0 Å². The van der Waals surface area contributed by atoms with Crippen LogP contribution in [0.4, 0.5) is 0 Å². The van der Waals surface area contributed by atoms with E-state index in [4.69, 9.17) is 9.26 Å².